The van der Waals surface area contributed by atoms with Crippen molar-refractivity contribution < 1.29 is 0 Å². The highest BCUT2D eigenvalue weighted by atomic mass is 31.2. The molecule has 31 heavy (non-hydrogen) atoms. The van der Waals surface area contributed by atoms with Crippen molar-refractivity contribution in [3.8, 4) is 0 Å². The van der Waals surface area contributed by atoms with E-state index in [9.17, 15) is 0 Å². The van der Waals surface area contributed by atoms with Crippen LogP contribution in [0, 0.1) is 0 Å². The van der Waals surface area contributed by atoms with Gasteiger partial charge in [-0.25, -0.2) is 0 Å². The Balaban J connectivity index is 2.29. The fourth-order valence-corrected chi connectivity index (χ4v) is 31.6. The molecule has 1 aliphatic heterocycles. The molecule has 0 amide bonds. The van der Waals surface area contributed by atoms with E-state index < -0.39 is 20.3 Å². The molecule has 0 aliphatic carbocycles. The highest BCUT2D eigenvalue weighted by Crippen LogP contribution is 2.77. The average Bonchev–Trinajstić information content (AvgIpc) is 2.90. The summed E-state index contributed by atoms with van der Waals surface area (Å²) in [6.07, 6.45) is 0. The van der Waals surface area contributed by atoms with E-state index in [0.717, 1.165) is 0 Å². The summed E-state index contributed by atoms with van der Waals surface area (Å²) in [7, 11) is -1.88. The molecule has 2 heteroatoms. The maximum absolute atomic E-state index is 2.65. The minimum Gasteiger partial charge on any atom is -0.185 e. The van der Waals surface area contributed by atoms with Crippen LogP contribution in [0.4, 0.5) is 0 Å². The zero-order chi connectivity index (χ0) is 22.7. The first-order valence-corrected chi connectivity index (χ1v) is 15.8. The van der Waals surface area contributed by atoms with Crippen molar-refractivity contribution in [3.05, 3.63) is 84.9 Å². The van der Waals surface area contributed by atoms with Gasteiger partial charge in [-0.05, 0) is 34.3 Å². The maximum atomic E-state index is 2.65. The molecule has 4 rings (SSSR count). The predicted molar refractivity (Wildman–Crippen MR) is 144 cm³/mol. The lowest BCUT2D eigenvalue weighted by molar-refractivity contribution is 0.593. The maximum Gasteiger partial charge on any atom is 0.241 e. The second-order valence-electron chi connectivity index (χ2n) is 12.2. The third-order valence-corrected chi connectivity index (χ3v) is 24.9. The van der Waals surface area contributed by atoms with Gasteiger partial charge in [-0.15, -0.1) is 6.07 Å². The molecule has 0 saturated heterocycles. The zero-order valence-corrected chi connectivity index (χ0v) is 22.7. The number of fused-ring (bicyclic) bond motifs is 1. The van der Waals surface area contributed by atoms with Crippen molar-refractivity contribution in [1.29, 1.82) is 0 Å². The van der Waals surface area contributed by atoms with Gasteiger partial charge in [-0.3, -0.25) is 0 Å². The van der Waals surface area contributed by atoms with Crippen LogP contribution in [0.15, 0.2) is 84.9 Å². The van der Waals surface area contributed by atoms with E-state index in [1.165, 1.54) is 10.6 Å². The van der Waals surface area contributed by atoms with E-state index >= 15 is 0 Å². The van der Waals surface area contributed by atoms with Gasteiger partial charge >= 0.3 is 0 Å². The van der Waals surface area contributed by atoms with E-state index in [4.69, 9.17) is 0 Å². The lowest BCUT2D eigenvalue weighted by Crippen LogP contribution is -2.71. The summed E-state index contributed by atoms with van der Waals surface area (Å²) in [5.41, 5.74) is 0. The average molecular weight is 445 g/mol. The normalized spacial score (nSPS) is 19.1. The van der Waals surface area contributed by atoms with Crippen molar-refractivity contribution in [2.45, 2.75) is 68.0 Å². The zero-order valence-electron chi connectivity index (χ0n) is 20.6. The van der Waals surface area contributed by atoms with Gasteiger partial charge in [0.2, 0.25) is 13.1 Å². The summed E-state index contributed by atoms with van der Waals surface area (Å²) in [5.74, 6) is 0. The van der Waals surface area contributed by atoms with Crippen molar-refractivity contribution in [1.82, 2.24) is 0 Å². The third-order valence-electron chi connectivity index (χ3n) is 8.57. The predicted octanol–water partition coefficient (Wildman–Crippen LogP) is 6.57. The van der Waals surface area contributed by atoms with Gasteiger partial charge in [0.15, 0.2) is 0 Å². The first kappa shape index (κ1) is 22.8. The molecule has 1 heterocycles. The first-order valence-electron chi connectivity index (χ1n) is 11.7. The Morgan fingerprint density at radius 2 is 0.968 bits per heavy atom. The van der Waals surface area contributed by atoms with Gasteiger partial charge < -0.3 is 0 Å². The highest BCUT2D eigenvalue weighted by molar-refractivity contribution is 8.00. The van der Waals surface area contributed by atoms with Crippen LogP contribution in [0.3, 0.4) is 0 Å². The lowest BCUT2D eigenvalue weighted by atomic mass is 10.2. The van der Waals surface area contributed by atoms with Crippen LogP contribution in [0.2, 0.25) is 8.55 Å². The van der Waals surface area contributed by atoms with Crippen LogP contribution < -0.4 is 20.3 Å². The van der Waals surface area contributed by atoms with Crippen LogP contribution in [0.5, 0.6) is 0 Å². The largest absolute Gasteiger partial charge is 0.241 e. The fourth-order valence-electron chi connectivity index (χ4n) is 8.89. The van der Waals surface area contributed by atoms with Crippen LogP contribution in [-0.4, -0.2) is 17.1 Å². The SMILES string of the molecule is C[C](C)(C)[Al-]1([C](C)(C)C)[c]2ccccc2[P+](c2ccccc2)(c2ccccc2)[C]1(C)C. The van der Waals surface area contributed by atoms with Gasteiger partial charge in [0, 0.05) is 0 Å². The number of benzene rings is 3. The molecule has 0 N–H and O–H groups in total. The standard InChI is InChI=1S/C21H20P.2C4H9.Al/c1-18(2)22(19-12-6-3-7-13-19,20-14-8-4-9-15-20)21-16-10-5-11-17-21;2*1-4(2)3;/h3-16H,1-2H3;2*1-3H3;/q+1;;;-1. The van der Waals surface area contributed by atoms with Crippen LogP contribution >= 0.6 is 7.26 Å². The smallest absolute Gasteiger partial charge is 0.185 e. The van der Waals surface area contributed by atoms with Crippen molar-refractivity contribution >= 4 is 40.7 Å². The molecule has 3 aromatic rings. The molecular formula is C29H38AlP. The summed E-state index contributed by atoms with van der Waals surface area (Å²) in [6, 6.07) is 32.6. The van der Waals surface area contributed by atoms with Gasteiger partial charge in [0.05, 0.1) is 12.6 Å². The molecule has 162 valence electrons. The molecule has 0 unspecified atom stereocenters. The van der Waals surface area contributed by atoms with E-state index in [0.29, 0.717) is 0 Å². The van der Waals surface area contributed by atoms with E-state index in [1.54, 1.807) is 9.73 Å². The number of hydrogen-bond acceptors (Lipinski definition) is 0. The van der Waals surface area contributed by atoms with E-state index in [-0.39, 0.29) is 12.6 Å². The second-order valence-corrected chi connectivity index (χ2v) is 23.9. The molecule has 0 atom stereocenters. The Labute approximate surface area is 193 Å². The first-order chi connectivity index (χ1) is 14.4. The van der Waals surface area contributed by atoms with Gasteiger partial charge in [-0.2, -0.15) is 13.0 Å². The molecule has 0 radical (unpaired) electrons. The topological polar surface area (TPSA) is 0 Å². The Kier molecular flexibility index (Phi) is 5.38. The summed E-state index contributed by atoms with van der Waals surface area (Å²) in [6.45, 7) is 20.5. The van der Waals surface area contributed by atoms with E-state index in [1.807, 2.05) is 0 Å². The third kappa shape index (κ3) is 2.77. The molecule has 1 aliphatic rings. The quantitative estimate of drug-likeness (QED) is 0.310. The van der Waals surface area contributed by atoms with E-state index in [2.05, 4.69) is 140 Å². The van der Waals surface area contributed by atoms with Crippen molar-refractivity contribution in [3.63, 3.8) is 0 Å². The Morgan fingerprint density at radius 1 is 0.581 bits per heavy atom. The summed E-state index contributed by atoms with van der Waals surface area (Å²) in [4.78, 5) is 0. The Bertz CT molecular complexity index is 1020. The summed E-state index contributed by atoms with van der Waals surface area (Å²) < 4.78 is 2.40. The lowest BCUT2D eigenvalue weighted by Gasteiger charge is -2.62. The molecule has 0 aromatic heterocycles. The van der Waals surface area contributed by atoms with Gasteiger partial charge in [0.1, 0.15) is 10.6 Å². The Hall–Kier alpha value is -1.38. The fraction of sp³-hybridized carbons (Fsp3) is 0.379. The molecule has 0 saturated carbocycles. The Morgan fingerprint density at radius 3 is 1.39 bits per heavy atom. The minimum atomic E-state index is -2.56. The highest BCUT2D eigenvalue weighted by Gasteiger charge is 2.75. The van der Waals surface area contributed by atoms with Gasteiger partial charge in [-0.1, -0.05) is 104 Å². The number of rotatable bonds is 2. The second kappa shape index (κ2) is 7.32. The van der Waals surface area contributed by atoms with Gasteiger partial charge in [0.25, 0.3) is 0 Å². The molecule has 0 nitrogen and oxygen atoms in total. The molecule has 3 aromatic carbocycles. The minimum absolute atomic E-state index is 0.183. The number of hydrogen-bond donors (Lipinski definition) is 0. The summed E-state index contributed by atoms with van der Waals surface area (Å²) >= 11 is -2.56. The monoisotopic (exact) mass is 444 g/mol. The summed E-state index contributed by atoms with van der Waals surface area (Å²) in [5, 5.41) is 4.72. The van der Waals surface area contributed by atoms with Crippen LogP contribution in [0.25, 0.3) is 0 Å². The molecule has 0 bridgehead atoms. The van der Waals surface area contributed by atoms with Crippen LogP contribution in [-0.2, 0) is 0 Å². The van der Waals surface area contributed by atoms with Crippen molar-refractivity contribution in [2.24, 2.45) is 0 Å². The van der Waals surface area contributed by atoms with Crippen LogP contribution in [0.1, 0.15) is 55.4 Å². The molecular weight excluding hydrogens is 406 g/mol. The van der Waals surface area contributed by atoms with Crippen molar-refractivity contribution in [2.75, 3.05) is 0 Å². The molecule has 0 fully saturated rings. The molecule has 0 spiro atoms.